The van der Waals surface area contributed by atoms with E-state index in [1.807, 2.05) is 36.5 Å². The second kappa shape index (κ2) is 6.19. The van der Waals surface area contributed by atoms with E-state index in [2.05, 4.69) is 26.3 Å². The van der Waals surface area contributed by atoms with E-state index in [9.17, 15) is 4.79 Å². The minimum absolute atomic E-state index is 0.391. The van der Waals surface area contributed by atoms with Crippen LogP contribution in [0.15, 0.2) is 47.2 Å². The zero-order chi connectivity index (χ0) is 14.6. The summed E-state index contributed by atoms with van der Waals surface area (Å²) < 4.78 is 2.69. The Kier molecular flexibility index (Phi) is 4.57. The fourth-order valence-corrected chi connectivity index (χ4v) is 2.60. The van der Waals surface area contributed by atoms with Crippen LogP contribution in [0.2, 0.25) is 0 Å². The number of nitrogens with zero attached hydrogens (tertiary/aromatic N) is 2. The second-order valence-corrected chi connectivity index (χ2v) is 5.47. The molecule has 0 aliphatic rings. The standard InChI is InChI=1S/C14H17BrN4O/c1-17-14(13(16)20,11-5-3-2-4-6-11)7-8-19-10-12(15)9-18-19/h2-6,9-10,17H,7-8H2,1H3,(H2,16,20). The molecule has 2 aromatic rings. The van der Waals surface area contributed by atoms with Gasteiger partial charge in [0.25, 0.3) is 0 Å². The molecular weight excluding hydrogens is 320 g/mol. The van der Waals surface area contributed by atoms with Crippen LogP contribution in [-0.4, -0.2) is 22.7 Å². The minimum atomic E-state index is -0.889. The maximum atomic E-state index is 12.0. The van der Waals surface area contributed by atoms with E-state index in [1.54, 1.807) is 17.9 Å². The van der Waals surface area contributed by atoms with Crippen molar-refractivity contribution < 1.29 is 4.79 Å². The van der Waals surface area contributed by atoms with Gasteiger partial charge in [0.2, 0.25) is 5.91 Å². The van der Waals surface area contributed by atoms with Crippen molar-refractivity contribution in [3.63, 3.8) is 0 Å². The molecule has 6 heteroatoms. The fourth-order valence-electron chi connectivity index (χ4n) is 2.27. The lowest BCUT2D eigenvalue weighted by atomic mass is 9.86. The van der Waals surface area contributed by atoms with Crippen molar-refractivity contribution in [3.8, 4) is 0 Å². The van der Waals surface area contributed by atoms with E-state index in [0.717, 1.165) is 10.0 Å². The van der Waals surface area contributed by atoms with Crippen LogP contribution in [0.4, 0.5) is 0 Å². The number of hydrogen-bond acceptors (Lipinski definition) is 3. The van der Waals surface area contributed by atoms with Crippen molar-refractivity contribution in [3.05, 3.63) is 52.8 Å². The number of hydrogen-bond donors (Lipinski definition) is 2. The van der Waals surface area contributed by atoms with Crippen LogP contribution in [0, 0.1) is 0 Å². The number of aryl methyl sites for hydroxylation is 1. The first-order chi connectivity index (χ1) is 9.58. The molecule has 106 valence electrons. The second-order valence-electron chi connectivity index (χ2n) is 4.56. The summed E-state index contributed by atoms with van der Waals surface area (Å²) in [5.74, 6) is -0.391. The lowest BCUT2D eigenvalue weighted by molar-refractivity contribution is -0.125. The van der Waals surface area contributed by atoms with Gasteiger partial charge >= 0.3 is 0 Å². The van der Waals surface area contributed by atoms with Crippen molar-refractivity contribution in [2.24, 2.45) is 5.73 Å². The summed E-state index contributed by atoms with van der Waals surface area (Å²) in [6.45, 7) is 0.588. The van der Waals surface area contributed by atoms with Crippen LogP contribution in [-0.2, 0) is 16.9 Å². The van der Waals surface area contributed by atoms with E-state index in [4.69, 9.17) is 5.73 Å². The van der Waals surface area contributed by atoms with Gasteiger partial charge in [0.1, 0.15) is 5.54 Å². The molecule has 0 aliphatic heterocycles. The molecule has 0 fully saturated rings. The van der Waals surface area contributed by atoms with E-state index in [-0.39, 0.29) is 0 Å². The van der Waals surface area contributed by atoms with Gasteiger partial charge in [0.15, 0.2) is 0 Å². The molecule has 1 aromatic carbocycles. The smallest absolute Gasteiger partial charge is 0.242 e. The van der Waals surface area contributed by atoms with Crippen LogP contribution in [0.5, 0.6) is 0 Å². The molecule has 0 radical (unpaired) electrons. The van der Waals surface area contributed by atoms with Gasteiger partial charge in [-0.1, -0.05) is 30.3 Å². The molecule has 0 saturated carbocycles. The Morgan fingerprint density at radius 2 is 2.15 bits per heavy atom. The van der Waals surface area contributed by atoms with Crippen LogP contribution in [0.25, 0.3) is 0 Å². The first-order valence-corrected chi connectivity index (χ1v) is 7.10. The predicted octanol–water partition coefficient (Wildman–Crippen LogP) is 1.64. The van der Waals surface area contributed by atoms with Crippen molar-refractivity contribution >= 4 is 21.8 Å². The van der Waals surface area contributed by atoms with Crippen molar-refractivity contribution in [1.82, 2.24) is 15.1 Å². The Morgan fingerprint density at radius 1 is 1.45 bits per heavy atom. The molecule has 0 spiro atoms. The highest BCUT2D eigenvalue weighted by Crippen LogP contribution is 2.25. The molecule has 0 aliphatic carbocycles. The zero-order valence-electron chi connectivity index (χ0n) is 11.2. The number of nitrogens with one attached hydrogen (secondary N) is 1. The third-order valence-corrected chi connectivity index (χ3v) is 3.84. The number of benzene rings is 1. The normalized spacial score (nSPS) is 13.9. The monoisotopic (exact) mass is 336 g/mol. The average Bonchev–Trinajstić information content (AvgIpc) is 2.87. The Hall–Kier alpha value is -1.66. The van der Waals surface area contributed by atoms with Gasteiger partial charge in [-0.3, -0.25) is 9.48 Å². The first-order valence-electron chi connectivity index (χ1n) is 6.31. The van der Waals surface area contributed by atoms with Gasteiger partial charge in [-0.05, 0) is 35.0 Å². The summed E-state index contributed by atoms with van der Waals surface area (Å²) in [5, 5.41) is 7.28. The van der Waals surface area contributed by atoms with Crippen LogP contribution in [0.3, 0.4) is 0 Å². The SMILES string of the molecule is CNC(CCn1cc(Br)cn1)(C(N)=O)c1ccccc1. The third kappa shape index (κ3) is 2.91. The summed E-state index contributed by atoms with van der Waals surface area (Å²) in [6.07, 6.45) is 4.11. The average molecular weight is 337 g/mol. The number of rotatable bonds is 6. The minimum Gasteiger partial charge on any atom is -0.368 e. The van der Waals surface area contributed by atoms with Gasteiger partial charge in [0, 0.05) is 12.7 Å². The number of carbonyl (C=O) groups is 1. The van der Waals surface area contributed by atoms with E-state index in [0.29, 0.717) is 13.0 Å². The number of primary amides is 1. The van der Waals surface area contributed by atoms with Gasteiger partial charge in [-0.25, -0.2) is 0 Å². The molecule has 20 heavy (non-hydrogen) atoms. The topological polar surface area (TPSA) is 72.9 Å². The molecule has 1 heterocycles. The highest BCUT2D eigenvalue weighted by atomic mass is 79.9. The molecule has 5 nitrogen and oxygen atoms in total. The lowest BCUT2D eigenvalue weighted by Crippen LogP contribution is -2.51. The number of nitrogens with two attached hydrogens (primary N) is 1. The van der Waals surface area contributed by atoms with Gasteiger partial charge in [0.05, 0.1) is 10.7 Å². The van der Waals surface area contributed by atoms with Crippen molar-refractivity contribution in [1.29, 1.82) is 0 Å². The lowest BCUT2D eigenvalue weighted by Gasteiger charge is -2.30. The third-order valence-electron chi connectivity index (χ3n) is 3.43. The number of aromatic nitrogens is 2. The molecule has 2 rings (SSSR count). The summed E-state index contributed by atoms with van der Waals surface area (Å²) >= 11 is 3.35. The Labute approximate surface area is 126 Å². The summed E-state index contributed by atoms with van der Waals surface area (Å²) in [6, 6.07) is 9.51. The number of likely N-dealkylation sites (N-methyl/N-ethyl adjacent to an activating group) is 1. The molecule has 1 unspecified atom stereocenters. The predicted molar refractivity (Wildman–Crippen MR) is 80.9 cm³/mol. The summed E-state index contributed by atoms with van der Waals surface area (Å²) in [7, 11) is 1.75. The number of amides is 1. The number of halogens is 1. The first kappa shape index (κ1) is 14.7. The Bertz CT molecular complexity index is 584. The molecule has 1 atom stereocenters. The molecule has 0 bridgehead atoms. The zero-order valence-corrected chi connectivity index (χ0v) is 12.8. The van der Waals surface area contributed by atoms with Crippen LogP contribution >= 0.6 is 15.9 Å². The van der Waals surface area contributed by atoms with Crippen molar-refractivity contribution in [2.45, 2.75) is 18.5 Å². The maximum absolute atomic E-state index is 12.0. The number of carbonyl (C=O) groups excluding carboxylic acids is 1. The summed E-state index contributed by atoms with van der Waals surface area (Å²) in [5.41, 5.74) is 5.62. The molecule has 1 aromatic heterocycles. The van der Waals surface area contributed by atoms with Crippen LogP contribution in [0.1, 0.15) is 12.0 Å². The Balaban J connectivity index is 2.26. The highest BCUT2D eigenvalue weighted by Gasteiger charge is 2.36. The van der Waals surface area contributed by atoms with Gasteiger partial charge < -0.3 is 11.1 Å². The van der Waals surface area contributed by atoms with Crippen molar-refractivity contribution in [2.75, 3.05) is 7.05 Å². The highest BCUT2D eigenvalue weighted by molar-refractivity contribution is 9.10. The molecule has 0 saturated heterocycles. The van der Waals surface area contributed by atoms with E-state index in [1.165, 1.54) is 0 Å². The maximum Gasteiger partial charge on any atom is 0.242 e. The largest absolute Gasteiger partial charge is 0.368 e. The van der Waals surface area contributed by atoms with E-state index >= 15 is 0 Å². The Morgan fingerprint density at radius 3 is 2.65 bits per heavy atom. The quantitative estimate of drug-likeness (QED) is 0.842. The molecular formula is C14H17BrN4O. The van der Waals surface area contributed by atoms with E-state index < -0.39 is 11.4 Å². The van der Waals surface area contributed by atoms with Gasteiger partial charge in [-0.2, -0.15) is 5.10 Å². The molecule has 3 N–H and O–H groups in total. The molecule has 1 amide bonds. The van der Waals surface area contributed by atoms with Gasteiger partial charge in [-0.15, -0.1) is 0 Å². The fraction of sp³-hybridized carbons (Fsp3) is 0.286. The van der Waals surface area contributed by atoms with Crippen LogP contribution < -0.4 is 11.1 Å². The summed E-state index contributed by atoms with van der Waals surface area (Å²) in [4.78, 5) is 12.0.